The van der Waals surface area contributed by atoms with Crippen molar-refractivity contribution in [2.75, 3.05) is 17.2 Å². The molecule has 4 rings (SSSR count). The molecule has 3 aromatic heterocycles. The Hall–Kier alpha value is -2.66. The summed E-state index contributed by atoms with van der Waals surface area (Å²) in [6.45, 7) is 0. The number of hydrogen-bond donors (Lipinski definition) is 2. The van der Waals surface area contributed by atoms with Gasteiger partial charge in [0.1, 0.15) is 22.0 Å². The molecule has 0 fully saturated rings. The van der Waals surface area contributed by atoms with Crippen LogP contribution in [-0.2, 0) is 26.9 Å². The number of aryl methyl sites for hydroxylation is 2. The standard InChI is InChI=1S/C18H20N6O3S2/c1-23-14(20)12(16(26)24(2)18(23)27)9(25)7-28-17-21-13(19)11-8-5-3-4-6-10(8)29-15(11)22-17/h3-7,20H2,1-2H3,(H2,19,21,22). The summed E-state index contributed by atoms with van der Waals surface area (Å²) >= 11 is 2.72. The maximum absolute atomic E-state index is 12.7. The van der Waals surface area contributed by atoms with Crippen molar-refractivity contribution >= 4 is 50.7 Å². The third-order valence-electron chi connectivity index (χ3n) is 5.14. The lowest BCUT2D eigenvalue weighted by Crippen LogP contribution is -2.41. The second-order valence-corrected chi connectivity index (χ2v) is 8.99. The van der Waals surface area contributed by atoms with E-state index in [1.807, 2.05) is 0 Å². The van der Waals surface area contributed by atoms with Crippen LogP contribution < -0.4 is 22.7 Å². The summed E-state index contributed by atoms with van der Waals surface area (Å²) < 4.78 is 1.95. The number of fused-ring (bicyclic) bond motifs is 3. The minimum absolute atomic E-state index is 0.0896. The lowest BCUT2D eigenvalue weighted by Gasteiger charge is -2.11. The van der Waals surface area contributed by atoms with Crippen LogP contribution in [0.2, 0.25) is 0 Å². The number of ketones is 1. The molecule has 0 aromatic carbocycles. The zero-order valence-corrected chi connectivity index (χ0v) is 17.7. The number of aromatic nitrogens is 4. The van der Waals surface area contributed by atoms with Crippen molar-refractivity contribution in [2.24, 2.45) is 14.1 Å². The predicted octanol–water partition coefficient (Wildman–Crippen LogP) is 1.11. The fraction of sp³-hybridized carbons (Fsp3) is 0.389. The number of nitrogen functional groups attached to an aromatic ring is 2. The monoisotopic (exact) mass is 432 g/mol. The van der Waals surface area contributed by atoms with E-state index < -0.39 is 17.0 Å². The Morgan fingerprint density at radius 3 is 2.62 bits per heavy atom. The molecule has 0 saturated heterocycles. The molecule has 0 amide bonds. The number of rotatable bonds is 4. The van der Waals surface area contributed by atoms with Crippen LogP contribution in [0.5, 0.6) is 0 Å². The van der Waals surface area contributed by atoms with Crippen LogP contribution in [0.4, 0.5) is 11.6 Å². The van der Waals surface area contributed by atoms with Gasteiger partial charge in [0.25, 0.3) is 5.56 Å². The maximum Gasteiger partial charge on any atom is 0.332 e. The summed E-state index contributed by atoms with van der Waals surface area (Å²) in [4.78, 5) is 48.0. The first-order valence-electron chi connectivity index (χ1n) is 9.08. The Kier molecular flexibility index (Phi) is 4.95. The van der Waals surface area contributed by atoms with Gasteiger partial charge in [0.15, 0.2) is 10.9 Å². The van der Waals surface area contributed by atoms with Crippen molar-refractivity contribution in [2.45, 2.75) is 30.8 Å². The second kappa shape index (κ2) is 7.30. The molecule has 4 N–H and O–H groups in total. The van der Waals surface area contributed by atoms with Crippen molar-refractivity contribution in [1.29, 1.82) is 0 Å². The van der Waals surface area contributed by atoms with E-state index in [-0.39, 0.29) is 17.1 Å². The minimum atomic E-state index is -0.710. The van der Waals surface area contributed by atoms with E-state index in [1.54, 1.807) is 11.3 Å². The lowest BCUT2D eigenvalue weighted by molar-refractivity contribution is 0.102. The molecule has 152 valence electrons. The molecule has 0 saturated carbocycles. The average Bonchev–Trinajstić information content (AvgIpc) is 3.08. The molecule has 0 radical (unpaired) electrons. The van der Waals surface area contributed by atoms with Crippen LogP contribution in [0, 0.1) is 0 Å². The fourth-order valence-electron chi connectivity index (χ4n) is 3.55. The molecule has 0 unspecified atom stereocenters. The molecule has 29 heavy (non-hydrogen) atoms. The highest BCUT2D eigenvalue weighted by Gasteiger charge is 2.23. The highest BCUT2D eigenvalue weighted by Crippen LogP contribution is 2.38. The Labute approximate surface area is 173 Å². The predicted molar refractivity (Wildman–Crippen MR) is 115 cm³/mol. The minimum Gasteiger partial charge on any atom is -0.384 e. The van der Waals surface area contributed by atoms with Crippen molar-refractivity contribution in [1.82, 2.24) is 19.1 Å². The van der Waals surface area contributed by atoms with E-state index in [0.717, 1.165) is 50.4 Å². The third-order valence-corrected chi connectivity index (χ3v) is 7.18. The molecule has 1 aliphatic rings. The Morgan fingerprint density at radius 1 is 1.14 bits per heavy atom. The van der Waals surface area contributed by atoms with Gasteiger partial charge in [-0.3, -0.25) is 18.7 Å². The topological polar surface area (TPSA) is 139 Å². The number of thioether (sulfide) groups is 1. The molecule has 11 heteroatoms. The van der Waals surface area contributed by atoms with Crippen LogP contribution in [0.15, 0.2) is 14.7 Å². The number of carbonyl (C=O) groups is 1. The summed E-state index contributed by atoms with van der Waals surface area (Å²) in [6, 6.07) is 0. The van der Waals surface area contributed by atoms with Crippen LogP contribution in [-0.4, -0.2) is 30.6 Å². The van der Waals surface area contributed by atoms with Crippen LogP contribution >= 0.6 is 23.1 Å². The molecule has 0 aliphatic heterocycles. The van der Waals surface area contributed by atoms with Gasteiger partial charge in [0.05, 0.1) is 11.1 Å². The van der Waals surface area contributed by atoms with Gasteiger partial charge in [-0.2, -0.15) is 0 Å². The van der Waals surface area contributed by atoms with Crippen LogP contribution in [0.3, 0.4) is 0 Å². The van der Waals surface area contributed by atoms with Gasteiger partial charge in [-0.15, -0.1) is 11.3 Å². The second-order valence-electron chi connectivity index (χ2n) is 6.96. The number of nitrogens with two attached hydrogens (primary N) is 2. The molecular weight excluding hydrogens is 412 g/mol. The first-order valence-corrected chi connectivity index (χ1v) is 10.9. The largest absolute Gasteiger partial charge is 0.384 e. The maximum atomic E-state index is 12.7. The molecule has 3 aromatic rings. The molecule has 3 heterocycles. The molecule has 1 aliphatic carbocycles. The van der Waals surface area contributed by atoms with E-state index in [0.29, 0.717) is 11.0 Å². The molecule has 0 atom stereocenters. The van der Waals surface area contributed by atoms with Crippen molar-refractivity contribution in [3.05, 3.63) is 36.8 Å². The summed E-state index contributed by atoms with van der Waals surface area (Å²) in [5, 5.41) is 1.30. The first kappa shape index (κ1) is 19.6. The van der Waals surface area contributed by atoms with Gasteiger partial charge in [-0.05, 0) is 31.2 Å². The number of anilines is 2. The number of Topliss-reactive ketones (excluding diaryl/α,β-unsaturated/α-hetero) is 1. The van der Waals surface area contributed by atoms with Gasteiger partial charge in [0.2, 0.25) is 0 Å². The van der Waals surface area contributed by atoms with E-state index in [4.69, 9.17) is 11.5 Å². The van der Waals surface area contributed by atoms with Crippen molar-refractivity contribution in [3.63, 3.8) is 0 Å². The molecule has 9 nitrogen and oxygen atoms in total. The average molecular weight is 433 g/mol. The van der Waals surface area contributed by atoms with E-state index >= 15 is 0 Å². The van der Waals surface area contributed by atoms with Crippen molar-refractivity contribution < 1.29 is 4.79 Å². The zero-order valence-electron chi connectivity index (χ0n) is 16.0. The van der Waals surface area contributed by atoms with E-state index in [2.05, 4.69) is 9.97 Å². The summed E-state index contributed by atoms with van der Waals surface area (Å²) in [5.41, 5.74) is 11.8. The van der Waals surface area contributed by atoms with E-state index in [1.165, 1.54) is 31.0 Å². The van der Waals surface area contributed by atoms with Crippen LogP contribution in [0.25, 0.3) is 10.2 Å². The number of thiophene rings is 1. The lowest BCUT2D eigenvalue weighted by atomic mass is 9.97. The first-order chi connectivity index (χ1) is 13.8. The highest BCUT2D eigenvalue weighted by atomic mass is 32.2. The van der Waals surface area contributed by atoms with Gasteiger partial charge >= 0.3 is 5.69 Å². The van der Waals surface area contributed by atoms with Gasteiger partial charge < -0.3 is 11.5 Å². The Bertz CT molecular complexity index is 1270. The van der Waals surface area contributed by atoms with Gasteiger partial charge in [0, 0.05) is 19.0 Å². The smallest absolute Gasteiger partial charge is 0.332 e. The molecule has 0 bridgehead atoms. The Morgan fingerprint density at radius 2 is 1.86 bits per heavy atom. The Balaban J connectivity index is 1.63. The zero-order chi connectivity index (χ0) is 20.9. The van der Waals surface area contributed by atoms with Gasteiger partial charge in [-0.25, -0.2) is 14.8 Å². The number of nitrogens with zero attached hydrogens (tertiary/aromatic N) is 4. The molecular formula is C18H20N6O3S2. The SMILES string of the molecule is Cn1c(N)c(C(=O)CSc2nc(N)c3c4c(sc3n2)CCCC4)c(=O)n(C)c1=O. The van der Waals surface area contributed by atoms with Crippen molar-refractivity contribution in [3.8, 4) is 0 Å². The summed E-state index contributed by atoms with van der Waals surface area (Å²) in [7, 11) is 2.72. The number of carbonyl (C=O) groups excluding carboxylic acids is 1. The molecule has 0 spiro atoms. The van der Waals surface area contributed by atoms with E-state index in [9.17, 15) is 14.4 Å². The fourth-order valence-corrected chi connectivity index (χ4v) is 5.60. The normalized spacial score (nSPS) is 13.6. The van der Waals surface area contributed by atoms with Crippen LogP contribution in [0.1, 0.15) is 33.6 Å². The highest BCUT2D eigenvalue weighted by molar-refractivity contribution is 7.99. The quantitative estimate of drug-likeness (QED) is 0.355. The number of hydrogen-bond acceptors (Lipinski definition) is 9. The summed E-state index contributed by atoms with van der Waals surface area (Å²) in [6.07, 6.45) is 4.33. The summed E-state index contributed by atoms with van der Waals surface area (Å²) in [5.74, 6) is -0.308. The van der Waals surface area contributed by atoms with Gasteiger partial charge in [-0.1, -0.05) is 11.8 Å². The third kappa shape index (κ3) is 3.23.